The van der Waals surface area contributed by atoms with E-state index in [1.165, 1.54) is 17.1 Å². The zero-order chi connectivity index (χ0) is 18.8. The van der Waals surface area contributed by atoms with Gasteiger partial charge in [0, 0.05) is 28.4 Å². The average molecular weight is 374 g/mol. The van der Waals surface area contributed by atoms with E-state index in [-0.39, 0.29) is 11.4 Å². The van der Waals surface area contributed by atoms with Crippen molar-refractivity contribution in [2.24, 2.45) is 0 Å². The van der Waals surface area contributed by atoms with E-state index < -0.39 is 0 Å². The molecule has 4 rings (SSSR count). The Labute approximate surface area is 159 Å². The number of rotatable bonds is 3. The lowest BCUT2D eigenvalue weighted by atomic mass is 10.1. The maximum Gasteiger partial charge on any atom is 0.274 e. The highest BCUT2D eigenvalue weighted by molar-refractivity contribution is 6.30. The Balaban J connectivity index is 1.89. The highest BCUT2D eigenvalue weighted by Gasteiger charge is 2.13. The van der Waals surface area contributed by atoms with Crippen molar-refractivity contribution >= 4 is 22.4 Å². The van der Waals surface area contributed by atoms with Crippen molar-refractivity contribution in [1.29, 1.82) is 5.26 Å². The van der Waals surface area contributed by atoms with Crippen LogP contribution < -0.4 is 5.56 Å². The monoisotopic (exact) mass is 373 g/mol. The third-order valence-electron chi connectivity index (χ3n) is 4.14. The van der Waals surface area contributed by atoms with Crippen molar-refractivity contribution in [1.82, 2.24) is 19.7 Å². The molecule has 0 unspecified atom stereocenters. The van der Waals surface area contributed by atoms with Gasteiger partial charge >= 0.3 is 0 Å². The van der Waals surface area contributed by atoms with Crippen molar-refractivity contribution in [3.05, 3.63) is 87.7 Å². The lowest BCUT2D eigenvalue weighted by Gasteiger charge is -2.11. The second-order valence-corrected chi connectivity index (χ2v) is 6.33. The number of halogens is 1. The van der Waals surface area contributed by atoms with Gasteiger partial charge in [-0.25, -0.2) is 14.6 Å². The molecule has 0 bridgehead atoms. The standard InChI is InChI=1S/C20H12ClN5O/c21-15-7-5-13(6-8-15)12-26-20(27)17-4-2-1-3-16(17)19(25-26)14-10-23-18(9-22)24-11-14/h1-8,10-11H,12H2. The molecule has 0 saturated carbocycles. The molecule has 6 nitrogen and oxygen atoms in total. The van der Waals surface area contributed by atoms with Gasteiger partial charge in [-0.1, -0.05) is 41.9 Å². The summed E-state index contributed by atoms with van der Waals surface area (Å²) >= 11 is 5.93. The fourth-order valence-corrected chi connectivity index (χ4v) is 2.95. The van der Waals surface area contributed by atoms with Gasteiger partial charge in [-0.05, 0) is 23.8 Å². The van der Waals surface area contributed by atoms with Crippen LogP contribution in [0.5, 0.6) is 0 Å². The highest BCUT2D eigenvalue weighted by atomic mass is 35.5. The second kappa shape index (κ2) is 6.98. The Morgan fingerprint density at radius 3 is 2.33 bits per heavy atom. The Morgan fingerprint density at radius 1 is 1.00 bits per heavy atom. The smallest absolute Gasteiger partial charge is 0.267 e. The lowest BCUT2D eigenvalue weighted by molar-refractivity contribution is 0.650. The second-order valence-electron chi connectivity index (χ2n) is 5.89. The van der Waals surface area contributed by atoms with Crippen LogP contribution in [0.3, 0.4) is 0 Å². The maximum atomic E-state index is 12.9. The van der Waals surface area contributed by atoms with Crippen LogP contribution in [0, 0.1) is 11.3 Å². The summed E-state index contributed by atoms with van der Waals surface area (Å²) in [7, 11) is 0. The Morgan fingerprint density at radius 2 is 1.67 bits per heavy atom. The van der Waals surface area contributed by atoms with Gasteiger partial charge in [0.15, 0.2) is 0 Å². The zero-order valence-electron chi connectivity index (χ0n) is 14.0. The van der Waals surface area contributed by atoms with Crippen LogP contribution in [0.2, 0.25) is 5.02 Å². The highest BCUT2D eigenvalue weighted by Crippen LogP contribution is 2.23. The number of nitrogens with zero attached hydrogens (tertiary/aromatic N) is 5. The van der Waals surface area contributed by atoms with E-state index in [4.69, 9.17) is 16.9 Å². The van der Waals surface area contributed by atoms with Gasteiger partial charge in [-0.2, -0.15) is 10.4 Å². The molecule has 7 heteroatoms. The van der Waals surface area contributed by atoms with Crippen LogP contribution in [-0.4, -0.2) is 19.7 Å². The molecule has 2 aromatic carbocycles. The lowest BCUT2D eigenvalue weighted by Crippen LogP contribution is -2.24. The van der Waals surface area contributed by atoms with Crippen molar-refractivity contribution < 1.29 is 0 Å². The van der Waals surface area contributed by atoms with Gasteiger partial charge in [0.25, 0.3) is 5.56 Å². The Kier molecular flexibility index (Phi) is 4.37. The third-order valence-corrected chi connectivity index (χ3v) is 4.39. The topological polar surface area (TPSA) is 84.5 Å². The summed E-state index contributed by atoms with van der Waals surface area (Å²) < 4.78 is 1.42. The van der Waals surface area contributed by atoms with Crippen molar-refractivity contribution in [3.63, 3.8) is 0 Å². The van der Waals surface area contributed by atoms with Crippen LogP contribution in [-0.2, 0) is 6.54 Å². The first-order valence-corrected chi connectivity index (χ1v) is 8.50. The minimum Gasteiger partial charge on any atom is -0.267 e. The largest absolute Gasteiger partial charge is 0.274 e. The van der Waals surface area contributed by atoms with Crippen LogP contribution in [0.15, 0.2) is 65.7 Å². The predicted octanol–water partition coefficient (Wildman–Crippen LogP) is 3.43. The van der Waals surface area contributed by atoms with Crippen molar-refractivity contribution in [2.75, 3.05) is 0 Å². The minimum absolute atomic E-state index is 0.0811. The van der Waals surface area contributed by atoms with Crippen LogP contribution in [0.1, 0.15) is 11.4 Å². The quantitative estimate of drug-likeness (QED) is 0.549. The van der Waals surface area contributed by atoms with E-state index in [0.717, 1.165) is 5.56 Å². The van der Waals surface area contributed by atoms with Gasteiger partial charge in [0.2, 0.25) is 5.82 Å². The Bertz CT molecular complexity index is 1220. The molecule has 2 heterocycles. The predicted molar refractivity (Wildman–Crippen MR) is 102 cm³/mol. The van der Waals surface area contributed by atoms with Crippen LogP contribution in [0.25, 0.3) is 22.0 Å². The average Bonchev–Trinajstić information content (AvgIpc) is 2.72. The summed E-state index contributed by atoms with van der Waals surface area (Å²) in [6.45, 7) is 0.310. The molecule has 0 saturated heterocycles. The molecule has 0 N–H and O–H groups in total. The van der Waals surface area contributed by atoms with Gasteiger partial charge in [-0.3, -0.25) is 4.79 Å². The van der Waals surface area contributed by atoms with Crippen molar-refractivity contribution in [2.45, 2.75) is 6.54 Å². The fourth-order valence-electron chi connectivity index (χ4n) is 2.83. The minimum atomic E-state index is -0.182. The molecule has 27 heavy (non-hydrogen) atoms. The number of benzene rings is 2. The zero-order valence-corrected chi connectivity index (χ0v) is 14.8. The number of fused-ring (bicyclic) bond motifs is 1. The molecular formula is C20H12ClN5O. The molecule has 0 radical (unpaired) electrons. The van der Waals surface area contributed by atoms with Gasteiger partial charge in [-0.15, -0.1) is 0 Å². The molecule has 130 valence electrons. The van der Waals surface area contributed by atoms with Crippen LogP contribution >= 0.6 is 11.6 Å². The van der Waals surface area contributed by atoms with Crippen molar-refractivity contribution in [3.8, 4) is 17.3 Å². The molecule has 0 aliphatic rings. The van der Waals surface area contributed by atoms with E-state index in [1.54, 1.807) is 18.2 Å². The first-order chi connectivity index (χ1) is 13.2. The normalized spacial score (nSPS) is 10.7. The number of nitriles is 1. The number of aromatic nitrogens is 4. The Hall–Kier alpha value is -3.56. The molecule has 0 atom stereocenters. The van der Waals surface area contributed by atoms with Gasteiger partial charge in [0.1, 0.15) is 11.8 Å². The number of hydrogen-bond acceptors (Lipinski definition) is 5. The van der Waals surface area contributed by atoms with Crippen LogP contribution in [0.4, 0.5) is 0 Å². The first kappa shape index (κ1) is 16.9. The molecule has 2 aromatic heterocycles. The van der Waals surface area contributed by atoms with E-state index in [1.807, 2.05) is 36.4 Å². The van der Waals surface area contributed by atoms with E-state index in [0.29, 0.717) is 33.6 Å². The van der Waals surface area contributed by atoms with Gasteiger partial charge in [0.05, 0.1) is 11.9 Å². The third kappa shape index (κ3) is 3.28. The fraction of sp³-hybridized carbons (Fsp3) is 0.0500. The van der Waals surface area contributed by atoms with E-state index >= 15 is 0 Å². The molecule has 0 fully saturated rings. The molecule has 4 aromatic rings. The molecule has 0 aliphatic carbocycles. The summed E-state index contributed by atoms with van der Waals surface area (Å²) in [5.41, 5.74) is 1.95. The maximum absolute atomic E-state index is 12.9. The molecular weight excluding hydrogens is 362 g/mol. The van der Waals surface area contributed by atoms with E-state index in [9.17, 15) is 4.79 Å². The summed E-state index contributed by atoms with van der Waals surface area (Å²) in [6.07, 6.45) is 3.08. The summed E-state index contributed by atoms with van der Waals surface area (Å²) in [5, 5.41) is 15.3. The molecule has 0 aliphatic heterocycles. The SMILES string of the molecule is N#Cc1ncc(-c2nn(Cc3ccc(Cl)cc3)c(=O)c3ccccc23)cn1. The molecule has 0 amide bonds. The summed E-state index contributed by atoms with van der Waals surface area (Å²) in [6, 6.07) is 16.4. The van der Waals surface area contributed by atoms with Gasteiger partial charge < -0.3 is 0 Å². The van der Waals surface area contributed by atoms with E-state index in [2.05, 4.69) is 15.1 Å². The summed E-state index contributed by atoms with van der Waals surface area (Å²) in [4.78, 5) is 20.9. The molecule has 0 spiro atoms. The number of hydrogen-bond donors (Lipinski definition) is 0. The summed E-state index contributed by atoms with van der Waals surface area (Å²) in [5.74, 6) is 0.0811. The first-order valence-electron chi connectivity index (χ1n) is 8.12.